The average molecular weight is 248 g/mol. The summed E-state index contributed by atoms with van der Waals surface area (Å²) in [7, 11) is 0. The van der Waals surface area contributed by atoms with Gasteiger partial charge in [0.15, 0.2) is 12.6 Å². The van der Waals surface area contributed by atoms with Gasteiger partial charge in [-0.05, 0) is 19.3 Å². The molecule has 0 aliphatic carbocycles. The number of epoxide rings is 2. The van der Waals surface area contributed by atoms with Crippen LogP contribution >= 0.6 is 0 Å². The first kappa shape index (κ1) is 16.2. The van der Waals surface area contributed by atoms with Gasteiger partial charge in [-0.1, -0.05) is 0 Å². The first-order chi connectivity index (χ1) is 8.28. The molecule has 0 saturated carbocycles. The van der Waals surface area contributed by atoms with Crippen LogP contribution in [0.5, 0.6) is 0 Å². The number of carbonyl (C=O) groups is 2. The number of hydrogen-bond donors (Lipinski definition) is 2. The van der Waals surface area contributed by atoms with E-state index in [2.05, 4.69) is 9.47 Å². The lowest BCUT2D eigenvalue weighted by atomic mass is 10.2. The van der Waals surface area contributed by atoms with E-state index in [9.17, 15) is 9.59 Å². The Morgan fingerprint density at radius 1 is 0.882 bits per heavy atom. The Morgan fingerprint density at radius 3 is 1.35 bits per heavy atom. The summed E-state index contributed by atoms with van der Waals surface area (Å²) in [6.07, 6.45) is 4.10. The molecule has 2 aliphatic heterocycles. The zero-order chi connectivity index (χ0) is 12.9. The van der Waals surface area contributed by atoms with Gasteiger partial charge >= 0.3 is 0 Å². The lowest BCUT2D eigenvalue weighted by Gasteiger charge is -1.90. The number of hydrogen-bond acceptors (Lipinski definition) is 6. The molecule has 0 spiro atoms. The zero-order valence-corrected chi connectivity index (χ0v) is 9.79. The predicted octanol–water partition coefficient (Wildman–Crippen LogP) is -0.690. The second-order valence-corrected chi connectivity index (χ2v) is 3.52. The summed E-state index contributed by atoms with van der Waals surface area (Å²) in [5.41, 5.74) is 0. The lowest BCUT2D eigenvalue weighted by molar-refractivity contribution is -0.109. The maximum Gasteiger partial charge on any atom is 0.151 e. The van der Waals surface area contributed by atoms with Gasteiger partial charge in [-0.3, -0.25) is 0 Å². The van der Waals surface area contributed by atoms with E-state index >= 15 is 0 Å². The fourth-order valence-electron chi connectivity index (χ4n) is 0.669. The Hall–Kier alpha value is -0.820. The Morgan fingerprint density at radius 2 is 1.24 bits per heavy atom. The highest BCUT2D eigenvalue weighted by atomic mass is 16.6. The molecule has 6 nitrogen and oxygen atoms in total. The van der Waals surface area contributed by atoms with Gasteiger partial charge in [-0.2, -0.15) is 0 Å². The lowest BCUT2D eigenvalue weighted by Crippen LogP contribution is -1.85. The third-order valence-corrected chi connectivity index (χ3v) is 1.84. The maximum atomic E-state index is 9.44. The fourth-order valence-corrected chi connectivity index (χ4v) is 0.669. The molecular weight excluding hydrogens is 228 g/mol. The molecule has 0 aromatic rings. The summed E-state index contributed by atoms with van der Waals surface area (Å²) in [6, 6.07) is 0. The van der Waals surface area contributed by atoms with E-state index in [1.54, 1.807) is 0 Å². The number of ether oxygens (including phenoxy) is 2. The molecule has 2 N–H and O–H groups in total. The van der Waals surface area contributed by atoms with Crippen molar-refractivity contribution in [3.05, 3.63) is 0 Å². The number of aliphatic hydroxyl groups is 2. The highest BCUT2D eigenvalue weighted by molar-refractivity contribution is 5.59. The molecule has 2 rings (SSSR count). The average Bonchev–Trinajstić information content (AvgIpc) is 3.23. The van der Waals surface area contributed by atoms with Crippen LogP contribution in [0.15, 0.2) is 0 Å². The van der Waals surface area contributed by atoms with Crippen LogP contribution in [0.2, 0.25) is 0 Å². The van der Waals surface area contributed by atoms with Crippen molar-refractivity contribution in [1.82, 2.24) is 0 Å². The molecule has 0 bridgehead atoms. The molecule has 100 valence electrons. The smallest absolute Gasteiger partial charge is 0.151 e. The van der Waals surface area contributed by atoms with Crippen LogP contribution in [0.3, 0.4) is 0 Å². The molecule has 0 amide bonds. The van der Waals surface area contributed by atoms with Gasteiger partial charge in [-0.15, -0.1) is 0 Å². The number of rotatable bonds is 6. The third-order valence-electron chi connectivity index (χ3n) is 1.84. The van der Waals surface area contributed by atoms with Crippen molar-refractivity contribution in [1.29, 1.82) is 0 Å². The molecule has 0 aromatic carbocycles. The van der Waals surface area contributed by atoms with Crippen molar-refractivity contribution in [3.63, 3.8) is 0 Å². The molecule has 2 heterocycles. The van der Waals surface area contributed by atoms with Crippen molar-refractivity contribution < 1.29 is 29.3 Å². The van der Waals surface area contributed by atoms with E-state index in [1.807, 2.05) is 0 Å². The second kappa shape index (κ2) is 11.7. The maximum absolute atomic E-state index is 9.44. The van der Waals surface area contributed by atoms with Gasteiger partial charge in [0.25, 0.3) is 0 Å². The Kier molecular flexibility index (Phi) is 11.1. The summed E-state index contributed by atoms with van der Waals surface area (Å²) >= 11 is 0. The molecule has 0 aromatic heterocycles. The Balaban J connectivity index is 0.000000229. The molecule has 17 heavy (non-hydrogen) atoms. The van der Waals surface area contributed by atoms with Gasteiger partial charge < -0.3 is 29.3 Å². The van der Waals surface area contributed by atoms with E-state index in [0.717, 1.165) is 31.8 Å². The number of unbranched alkanes of at least 4 members (excludes halogenated alkanes) is 2. The van der Waals surface area contributed by atoms with Crippen LogP contribution in [-0.4, -0.2) is 61.4 Å². The molecule has 2 unspecified atom stereocenters. The predicted molar refractivity (Wildman–Crippen MR) is 59.6 cm³/mol. The largest absolute Gasteiger partial charge is 0.396 e. The summed E-state index contributed by atoms with van der Waals surface area (Å²) in [5, 5.41) is 16.4. The van der Waals surface area contributed by atoms with Gasteiger partial charge in [0, 0.05) is 13.2 Å². The van der Waals surface area contributed by atoms with Crippen LogP contribution in [0.4, 0.5) is 0 Å². The summed E-state index contributed by atoms with van der Waals surface area (Å²) in [6.45, 7) is 1.78. The number of carbonyl (C=O) groups excluding carboxylic acids is 2. The molecule has 2 fully saturated rings. The first-order valence-corrected chi connectivity index (χ1v) is 5.64. The molecule has 2 atom stereocenters. The second-order valence-electron chi connectivity index (χ2n) is 3.52. The molecule has 0 radical (unpaired) electrons. The normalized spacial score (nSPS) is 23.4. The fraction of sp³-hybridized carbons (Fsp3) is 0.818. The van der Waals surface area contributed by atoms with Crippen LogP contribution < -0.4 is 0 Å². The van der Waals surface area contributed by atoms with Crippen molar-refractivity contribution in [2.75, 3.05) is 26.4 Å². The minimum absolute atomic E-state index is 0.0463. The van der Waals surface area contributed by atoms with Gasteiger partial charge in [0.1, 0.15) is 12.2 Å². The number of aldehydes is 2. The summed E-state index contributed by atoms with van der Waals surface area (Å²) < 4.78 is 8.98. The minimum Gasteiger partial charge on any atom is -0.396 e. The topological polar surface area (TPSA) is 99.7 Å². The molecular formula is C11H20O6. The van der Waals surface area contributed by atoms with E-state index in [0.29, 0.717) is 13.2 Å². The third kappa shape index (κ3) is 15.2. The van der Waals surface area contributed by atoms with E-state index in [4.69, 9.17) is 10.2 Å². The van der Waals surface area contributed by atoms with E-state index < -0.39 is 0 Å². The van der Waals surface area contributed by atoms with Crippen LogP contribution in [0.25, 0.3) is 0 Å². The van der Waals surface area contributed by atoms with Crippen molar-refractivity contribution >= 4 is 12.6 Å². The van der Waals surface area contributed by atoms with Crippen molar-refractivity contribution in [3.8, 4) is 0 Å². The van der Waals surface area contributed by atoms with E-state index in [1.165, 1.54) is 0 Å². The summed E-state index contributed by atoms with van der Waals surface area (Å²) in [5.74, 6) is 0. The monoisotopic (exact) mass is 248 g/mol. The Labute approximate surface area is 101 Å². The van der Waals surface area contributed by atoms with Crippen LogP contribution in [0.1, 0.15) is 19.3 Å². The Bertz CT molecular complexity index is 168. The molecule has 2 aliphatic rings. The van der Waals surface area contributed by atoms with Crippen LogP contribution in [-0.2, 0) is 19.1 Å². The minimum atomic E-state index is -0.0463. The summed E-state index contributed by atoms with van der Waals surface area (Å²) in [4.78, 5) is 18.9. The van der Waals surface area contributed by atoms with Crippen LogP contribution in [0, 0.1) is 0 Å². The molecule has 6 heteroatoms. The van der Waals surface area contributed by atoms with Gasteiger partial charge in [0.05, 0.1) is 13.2 Å². The highest BCUT2D eigenvalue weighted by Crippen LogP contribution is 2.02. The quantitative estimate of drug-likeness (QED) is 0.366. The number of aliphatic hydroxyl groups excluding tert-OH is 2. The zero-order valence-electron chi connectivity index (χ0n) is 9.79. The SMILES string of the molecule is O=CC1CO1.O=CC1CO1.OCCCCCO. The van der Waals surface area contributed by atoms with Gasteiger partial charge in [0.2, 0.25) is 0 Å². The standard InChI is InChI=1S/C5H12O2.2C3H4O2/c6-4-2-1-3-5-7;2*4-1-3-2-5-3/h6-7H,1-5H2;2*1,3H,2H2. The van der Waals surface area contributed by atoms with Crippen molar-refractivity contribution in [2.24, 2.45) is 0 Å². The molecule has 2 saturated heterocycles. The van der Waals surface area contributed by atoms with Crippen molar-refractivity contribution in [2.45, 2.75) is 31.5 Å². The first-order valence-electron chi connectivity index (χ1n) is 5.64. The van der Waals surface area contributed by atoms with E-state index in [-0.39, 0.29) is 25.4 Å². The van der Waals surface area contributed by atoms with Gasteiger partial charge in [-0.25, -0.2) is 0 Å². The highest BCUT2D eigenvalue weighted by Gasteiger charge is 2.20.